The maximum absolute atomic E-state index is 12.4. The Labute approximate surface area is 155 Å². The molecular formula is C20H30N2O4. The smallest absolute Gasteiger partial charge is 0.410 e. The highest BCUT2D eigenvalue weighted by Gasteiger charge is 2.38. The fourth-order valence-electron chi connectivity index (χ4n) is 3.02. The Morgan fingerprint density at radius 3 is 2.54 bits per heavy atom. The van der Waals surface area contributed by atoms with E-state index in [-0.39, 0.29) is 18.1 Å². The average Bonchev–Trinajstić information content (AvgIpc) is 2.59. The summed E-state index contributed by atoms with van der Waals surface area (Å²) in [6.07, 6.45) is 0.295. The number of amides is 1. The van der Waals surface area contributed by atoms with E-state index >= 15 is 0 Å². The largest absolute Gasteiger partial charge is 0.466 e. The molecule has 1 amide bonds. The van der Waals surface area contributed by atoms with Gasteiger partial charge in [0.05, 0.1) is 12.5 Å². The summed E-state index contributed by atoms with van der Waals surface area (Å²) in [5, 5.41) is 3.46. The van der Waals surface area contributed by atoms with Crippen molar-refractivity contribution >= 4 is 12.1 Å². The lowest BCUT2D eigenvalue weighted by Gasteiger charge is -2.38. The monoisotopic (exact) mass is 362 g/mol. The van der Waals surface area contributed by atoms with Crippen molar-refractivity contribution in [3.05, 3.63) is 35.9 Å². The van der Waals surface area contributed by atoms with E-state index in [2.05, 4.69) is 5.32 Å². The fraction of sp³-hybridized carbons (Fsp3) is 0.600. The summed E-state index contributed by atoms with van der Waals surface area (Å²) in [5.41, 5.74) is 0.600. The Morgan fingerprint density at radius 2 is 1.92 bits per heavy atom. The average molecular weight is 362 g/mol. The van der Waals surface area contributed by atoms with Gasteiger partial charge in [-0.05, 0) is 39.7 Å². The topological polar surface area (TPSA) is 67.9 Å². The third-order valence-electron chi connectivity index (χ3n) is 4.27. The summed E-state index contributed by atoms with van der Waals surface area (Å²) in [5.74, 6) is -0.675. The van der Waals surface area contributed by atoms with Gasteiger partial charge in [-0.2, -0.15) is 0 Å². The maximum Gasteiger partial charge on any atom is 0.410 e. The molecule has 1 aromatic rings. The minimum Gasteiger partial charge on any atom is -0.466 e. The summed E-state index contributed by atoms with van der Waals surface area (Å²) in [6.45, 7) is 9.16. The number of likely N-dealkylation sites (tertiary alicyclic amines) is 1. The number of ether oxygens (including phenoxy) is 2. The summed E-state index contributed by atoms with van der Waals surface area (Å²) in [7, 11) is 0. The molecule has 1 saturated heterocycles. The Morgan fingerprint density at radius 1 is 1.23 bits per heavy atom. The number of nitrogens with one attached hydrogen (secondary N) is 1. The van der Waals surface area contributed by atoms with E-state index in [9.17, 15) is 9.59 Å². The molecule has 26 heavy (non-hydrogen) atoms. The van der Waals surface area contributed by atoms with Gasteiger partial charge in [-0.1, -0.05) is 30.3 Å². The number of carbonyl (C=O) groups excluding carboxylic acids is 2. The van der Waals surface area contributed by atoms with E-state index in [1.807, 2.05) is 51.1 Å². The van der Waals surface area contributed by atoms with Gasteiger partial charge in [0.1, 0.15) is 5.60 Å². The molecule has 0 unspecified atom stereocenters. The van der Waals surface area contributed by atoms with E-state index in [1.165, 1.54) is 0 Å². The van der Waals surface area contributed by atoms with Crippen LogP contribution in [0.3, 0.4) is 0 Å². The predicted octanol–water partition coefficient (Wildman–Crippen LogP) is 2.96. The molecule has 0 aromatic heterocycles. The van der Waals surface area contributed by atoms with Gasteiger partial charge in [0.2, 0.25) is 0 Å². The molecule has 2 atom stereocenters. The van der Waals surface area contributed by atoms with Crippen LogP contribution in [0.25, 0.3) is 0 Å². The number of benzene rings is 1. The van der Waals surface area contributed by atoms with E-state index in [0.717, 1.165) is 5.56 Å². The van der Waals surface area contributed by atoms with Crippen LogP contribution in [-0.4, -0.2) is 48.3 Å². The van der Waals surface area contributed by atoms with Crippen LogP contribution >= 0.6 is 0 Å². The van der Waals surface area contributed by atoms with Gasteiger partial charge in [-0.25, -0.2) is 4.79 Å². The molecule has 2 rings (SSSR count). The molecule has 0 bridgehead atoms. The molecule has 0 spiro atoms. The molecule has 1 fully saturated rings. The number of esters is 1. The highest BCUT2D eigenvalue weighted by atomic mass is 16.6. The van der Waals surface area contributed by atoms with Crippen LogP contribution in [0.15, 0.2) is 30.3 Å². The first-order valence-electron chi connectivity index (χ1n) is 9.22. The van der Waals surface area contributed by atoms with Crippen LogP contribution in [0, 0.1) is 5.92 Å². The second-order valence-corrected chi connectivity index (χ2v) is 7.55. The van der Waals surface area contributed by atoms with Crippen LogP contribution in [0.2, 0.25) is 0 Å². The molecule has 1 aromatic carbocycles. The Bertz CT molecular complexity index is 598. The molecule has 0 saturated carbocycles. The van der Waals surface area contributed by atoms with Crippen molar-refractivity contribution in [2.75, 3.05) is 19.7 Å². The molecule has 1 aliphatic rings. The number of carbonyl (C=O) groups is 2. The summed E-state index contributed by atoms with van der Waals surface area (Å²) in [4.78, 5) is 26.4. The second-order valence-electron chi connectivity index (χ2n) is 7.55. The molecule has 144 valence electrons. The summed E-state index contributed by atoms with van der Waals surface area (Å²) in [6, 6.07) is 10.0. The van der Waals surface area contributed by atoms with Crippen LogP contribution in [-0.2, 0) is 20.8 Å². The maximum atomic E-state index is 12.4. The van der Waals surface area contributed by atoms with E-state index < -0.39 is 11.5 Å². The highest BCUT2D eigenvalue weighted by molar-refractivity contribution is 5.75. The fourth-order valence-corrected chi connectivity index (χ4v) is 3.02. The molecule has 6 heteroatoms. The predicted molar refractivity (Wildman–Crippen MR) is 99.6 cm³/mol. The van der Waals surface area contributed by atoms with Gasteiger partial charge in [0.15, 0.2) is 0 Å². The number of nitrogens with zero attached hydrogens (tertiary/aromatic N) is 1. The first-order chi connectivity index (χ1) is 12.3. The first-order valence-corrected chi connectivity index (χ1v) is 9.22. The van der Waals surface area contributed by atoms with Crippen molar-refractivity contribution < 1.29 is 19.1 Å². The molecule has 0 aliphatic carbocycles. The Balaban J connectivity index is 2.02. The zero-order chi connectivity index (χ0) is 19.2. The van der Waals surface area contributed by atoms with Gasteiger partial charge < -0.3 is 19.7 Å². The number of rotatable bonds is 5. The number of piperidine rings is 1. The Hall–Kier alpha value is -2.08. The van der Waals surface area contributed by atoms with Crippen molar-refractivity contribution in [1.82, 2.24) is 10.2 Å². The molecule has 1 N–H and O–H groups in total. The third-order valence-corrected chi connectivity index (χ3v) is 4.27. The number of hydrogen-bond acceptors (Lipinski definition) is 5. The van der Waals surface area contributed by atoms with Gasteiger partial charge >= 0.3 is 12.1 Å². The number of hydrogen-bond donors (Lipinski definition) is 1. The van der Waals surface area contributed by atoms with Crippen LogP contribution < -0.4 is 5.32 Å². The van der Waals surface area contributed by atoms with E-state index in [1.54, 1.807) is 11.8 Å². The third kappa shape index (κ3) is 6.02. The van der Waals surface area contributed by atoms with Gasteiger partial charge in [-0.3, -0.25) is 4.79 Å². The van der Waals surface area contributed by atoms with Crippen LogP contribution in [0.1, 0.15) is 39.7 Å². The first kappa shape index (κ1) is 20.2. The van der Waals surface area contributed by atoms with E-state index in [0.29, 0.717) is 32.7 Å². The molecular weight excluding hydrogens is 332 g/mol. The van der Waals surface area contributed by atoms with Gasteiger partial charge in [-0.15, -0.1) is 0 Å². The normalized spacial score (nSPS) is 20.5. The Kier molecular flexibility index (Phi) is 7.03. The lowest BCUT2D eigenvalue weighted by molar-refractivity contribution is -0.150. The van der Waals surface area contributed by atoms with Crippen molar-refractivity contribution in [2.45, 2.75) is 52.3 Å². The minimum absolute atomic E-state index is 0.0343. The van der Waals surface area contributed by atoms with Crippen LogP contribution in [0.5, 0.6) is 0 Å². The standard InChI is InChI=1S/C20H30N2O4/c1-5-25-18(23)16-14-22(19(24)26-20(2,3)4)12-11-17(16)21-13-15-9-7-6-8-10-15/h6-10,16-17,21H,5,11-14H2,1-4H3/t16-,17-/m1/s1. The minimum atomic E-state index is -0.557. The zero-order valence-corrected chi connectivity index (χ0v) is 16.2. The van der Waals surface area contributed by atoms with Gasteiger partial charge in [0.25, 0.3) is 0 Å². The molecule has 0 radical (unpaired) electrons. The lowest BCUT2D eigenvalue weighted by atomic mass is 9.92. The highest BCUT2D eigenvalue weighted by Crippen LogP contribution is 2.22. The summed E-state index contributed by atoms with van der Waals surface area (Å²) >= 11 is 0. The summed E-state index contributed by atoms with van der Waals surface area (Å²) < 4.78 is 10.7. The van der Waals surface area contributed by atoms with Crippen LogP contribution in [0.4, 0.5) is 4.79 Å². The molecule has 1 heterocycles. The van der Waals surface area contributed by atoms with E-state index in [4.69, 9.17) is 9.47 Å². The molecule has 6 nitrogen and oxygen atoms in total. The lowest BCUT2D eigenvalue weighted by Crippen LogP contribution is -2.54. The van der Waals surface area contributed by atoms with Crippen molar-refractivity contribution in [3.63, 3.8) is 0 Å². The van der Waals surface area contributed by atoms with Crippen molar-refractivity contribution in [3.8, 4) is 0 Å². The SMILES string of the molecule is CCOC(=O)[C@@H]1CN(C(=O)OC(C)(C)C)CC[C@H]1NCc1ccccc1. The quantitative estimate of drug-likeness (QED) is 0.816. The van der Waals surface area contributed by atoms with Crippen molar-refractivity contribution in [1.29, 1.82) is 0 Å². The van der Waals surface area contributed by atoms with Gasteiger partial charge in [0, 0.05) is 25.7 Å². The zero-order valence-electron chi connectivity index (χ0n) is 16.2. The molecule has 1 aliphatic heterocycles. The second kappa shape index (κ2) is 9.03. The van der Waals surface area contributed by atoms with Crippen molar-refractivity contribution in [2.24, 2.45) is 5.92 Å².